The highest BCUT2D eigenvalue weighted by molar-refractivity contribution is 5.34. The highest BCUT2D eigenvalue weighted by atomic mass is 15.0. The van der Waals surface area contributed by atoms with Gasteiger partial charge in [0.15, 0.2) is 0 Å². The van der Waals surface area contributed by atoms with Gasteiger partial charge in [0, 0.05) is 24.0 Å². The van der Waals surface area contributed by atoms with Crippen LogP contribution in [0.15, 0.2) is 6.07 Å². The molecule has 1 saturated carbocycles. The maximum atomic E-state index is 6.42. The Morgan fingerprint density at radius 1 is 1.25 bits per heavy atom. The van der Waals surface area contributed by atoms with Gasteiger partial charge in [-0.15, -0.1) is 0 Å². The fourth-order valence-electron chi connectivity index (χ4n) is 4.39. The molecular formula is C18H30N2. The molecule has 0 bridgehead atoms. The Hall–Kier alpha value is -0.760. The summed E-state index contributed by atoms with van der Waals surface area (Å²) in [4.78, 5) is 0. The summed E-state index contributed by atoms with van der Waals surface area (Å²) in [6.45, 7) is 8.22. The van der Waals surface area contributed by atoms with Gasteiger partial charge in [0.2, 0.25) is 0 Å². The van der Waals surface area contributed by atoms with Crippen LogP contribution in [-0.4, -0.2) is 4.57 Å². The second kappa shape index (κ2) is 5.22. The normalized spacial score (nSPS) is 26.5. The van der Waals surface area contributed by atoms with Crippen molar-refractivity contribution in [3.63, 3.8) is 0 Å². The Balaban J connectivity index is 1.88. The van der Waals surface area contributed by atoms with E-state index in [0.29, 0.717) is 5.41 Å². The van der Waals surface area contributed by atoms with Crippen LogP contribution in [0.2, 0.25) is 0 Å². The highest BCUT2D eigenvalue weighted by Gasteiger charge is 2.33. The minimum atomic E-state index is 0.236. The van der Waals surface area contributed by atoms with Gasteiger partial charge < -0.3 is 10.3 Å². The molecule has 2 N–H and O–H groups in total. The SMILES string of the molecule is Cc1cc2c(n1CC1CCCCC1)CC(C)(C)CC2N. The van der Waals surface area contributed by atoms with Gasteiger partial charge in [-0.2, -0.15) is 0 Å². The van der Waals surface area contributed by atoms with E-state index in [2.05, 4.69) is 31.4 Å². The Morgan fingerprint density at radius 2 is 1.95 bits per heavy atom. The standard InChI is InChI=1S/C18H30N2/c1-13-9-15-16(19)10-18(2,3)11-17(15)20(13)12-14-7-5-4-6-8-14/h9,14,16H,4-8,10-12,19H2,1-3H3. The first-order chi connectivity index (χ1) is 9.46. The lowest BCUT2D eigenvalue weighted by atomic mass is 9.74. The van der Waals surface area contributed by atoms with Crippen molar-refractivity contribution in [2.45, 2.75) is 78.3 Å². The van der Waals surface area contributed by atoms with Crippen LogP contribution in [0.1, 0.15) is 75.4 Å². The lowest BCUT2D eigenvalue weighted by Gasteiger charge is -2.35. The molecular weight excluding hydrogens is 244 g/mol. The van der Waals surface area contributed by atoms with Gasteiger partial charge in [-0.25, -0.2) is 0 Å². The monoisotopic (exact) mass is 274 g/mol. The van der Waals surface area contributed by atoms with Crippen molar-refractivity contribution >= 4 is 0 Å². The zero-order valence-electron chi connectivity index (χ0n) is 13.4. The molecule has 2 aliphatic carbocycles. The predicted octanol–water partition coefficient (Wildman–Crippen LogP) is 4.35. The Morgan fingerprint density at radius 3 is 2.65 bits per heavy atom. The van der Waals surface area contributed by atoms with Gasteiger partial charge in [0.25, 0.3) is 0 Å². The van der Waals surface area contributed by atoms with Gasteiger partial charge in [0.1, 0.15) is 0 Å². The van der Waals surface area contributed by atoms with Gasteiger partial charge in [-0.3, -0.25) is 0 Å². The molecule has 0 spiro atoms. The van der Waals surface area contributed by atoms with E-state index in [4.69, 9.17) is 5.73 Å². The van der Waals surface area contributed by atoms with Gasteiger partial charge in [-0.05, 0) is 55.6 Å². The van der Waals surface area contributed by atoms with Crippen LogP contribution in [0.3, 0.4) is 0 Å². The van der Waals surface area contributed by atoms with Crippen molar-refractivity contribution in [2.75, 3.05) is 0 Å². The summed E-state index contributed by atoms with van der Waals surface area (Å²) in [7, 11) is 0. The number of hydrogen-bond donors (Lipinski definition) is 1. The van der Waals surface area contributed by atoms with Crippen molar-refractivity contribution in [3.8, 4) is 0 Å². The third-order valence-electron chi connectivity index (χ3n) is 5.43. The largest absolute Gasteiger partial charge is 0.348 e. The number of aromatic nitrogens is 1. The molecule has 2 heteroatoms. The molecule has 20 heavy (non-hydrogen) atoms. The van der Waals surface area contributed by atoms with E-state index in [1.807, 2.05) is 0 Å². The van der Waals surface area contributed by atoms with E-state index < -0.39 is 0 Å². The summed E-state index contributed by atoms with van der Waals surface area (Å²) in [6.07, 6.45) is 9.45. The first kappa shape index (κ1) is 14.2. The Bertz CT molecular complexity index is 478. The number of fused-ring (bicyclic) bond motifs is 1. The molecule has 0 saturated heterocycles. The third-order valence-corrected chi connectivity index (χ3v) is 5.43. The van der Waals surface area contributed by atoms with E-state index in [-0.39, 0.29) is 6.04 Å². The highest BCUT2D eigenvalue weighted by Crippen LogP contribution is 2.41. The lowest BCUT2D eigenvalue weighted by Crippen LogP contribution is -2.31. The van der Waals surface area contributed by atoms with Crippen LogP contribution < -0.4 is 5.73 Å². The molecule has 0 aromatic carbocycles. The first-order valence-corrected chi connectivity index (χ1v) is 8.41. The molecule has 0 radical (unpaired) electrons. The Kier molecular flexibility index (Phi) is 3.70. The molecule has 1 unspecified atom stereocenters. The number of nitrogens with two attached hydrogens (primary N) is 1. The minimum Gasteiger partial charge on any atom is -0.348 e. The Labute approximate surface area is 123 Å². The fourth-order valence-corrected chi connectivity index (χ4v) is 4.39. The van der Waals surface area contributed by atoms with Crippen molar-refractivity contribution in [3.05, 3.63) is 23.0 Å². The summed E-state index contributed by atoms with van der Waals surface area (Å²) in [5.74, 6) is 0.889. The van der Waals surface area contributed by atoms with Gasteiger partial charge >= 0.3 is 0 Å². The second-order valence-electron chi connectivity index (χ2n) is 7.95. The summed E-state index contributed by atoms with van der Waals surface area (Å²) in [5.41, 5.74) is 11.2. The topological polar surface area (TPSA) is 30.9 Å². The smallest absolute Gasteiger partial charge is 0.0318 e. The summed E-state index contributed by atoms with van der Waals surface area (Å²) >= 11 is 0. The molecule has 1 fully saturated rings. The number of rotatable bonds is 2. The van der Waals surface area contributed by atoms with Crippen molar-refractivity contribution in [2.24, 2.45) is 17.1 Å². The average Bonchev–Trinajstić information content (AvgIpc) is 2.67. The van der Waals surface area contributed by atoms with Crippen LogP contribution >= 0.6 is 0 Å². The van der Waals surface area contributed by atoms with Crippen LogP contribution in [0.5, 0.6) is 0 Å². The van der Waals surface area contributed by atoms with Gasteiger partial charge in [0.05, 0.1) is 0 Å². The van der Waals surface area contributed by atoms with E-state index in [1.165, 1.54) is 62.0 Å². The predicted molar refractivity (Wildman–Crippen MR) is 84.8 cm³/mol. The number of hydrogen-bond acceptors (Lipinski definition) is 1. The van der Waals surface area contributed by atoms with E-state index in [0.717, 1.165) is 12.3 Å². The first-order valence-electron chi connectivity index (χ1n) is 8.41. The van der Waals surface area contributed by atoms with Crippen LogP contribution in [0.4, 0.5) is 0 Å². The van der Waals surface area contributed by atoms with Crippen molar-refractivity contribution in [1.29, 1.82) is 0 Å². The number of nitrogens with zero attached hydrogens (tertiary/aromatic N) is 1. The molecule has 1 heterocycles. The summed E-state index contributed by atoms with van der Waals surface area (Å²) in [6, 6.07) is 2.60. The third kappa shape index (κ3) is 2.67. The summed E-state index contributed by atoms with van der Waals surface area (Å²) < 4.78 is 2.60. The van der Waals surface area contributed by atoms with Crippen molar-refractivity contribution < 1.29 is 0 Å². The van der Waals surface area contributed by atoms with Crippen LogP contribution in [-0.2, 0) is 13.0 Å². The average molecular weight is 274 g/mol. The molecule has 2 aliphatic rings. The molecule has 1 aromatic rings. The van der Waals surface area contributed by atoms with Crippen LogP contribution in [0.25, 0.3) is 0 Å². The van der Waals surface area contributed by atoms with Crippen molar-refractivity contribution in [1.82, 2.24) is 4.57 Å². The maximum absolute atomic E-state index is 6.42. The molecule has 112 valence electrons. The maximum Gasteiger partial charge on any atom is 0.0318 e. The second-order valence-corrected chi connectivity index (χ2v) is 7.95. The molecule has 1 atom stereocenters. The lowest BCUT2D eigenvalue weighted by molar-refractivity contribution is 0.264. The quantitative estimate of drug-likeness (QED) is 0.854. The molecule has 0 aliphatic heterocycles. The zero-order chi connectivity index (χ0) is 14.3. The molecule has 3 rings (SSSR count). The number of aryl methyl sites for hydroxylation is 1. The van der Waals surface area contributed by atoms with Gasteiger partial charge in [-0.1, -0.05) is 33.1 Å². The van der Waals surface area contributed by atoms with Crippen LogP contribution in [0, 0.1) is 18.3 Å². The van der Waals surface area contributed by atoms with E-state index in [9.17, 15) is 0 Å². The minimum absolute atomic E-state index is 0.236. The fraction of sp³-hybridized carbons (Fsp3) is 0.778. The van der Waals surface area contributed by atoms with E-state index >= 15 is 0 Å². The molecule has 1 aromatic heterocycles. The zero-order valence-corrected chi connectivity index (χ0v) is 13.4. The summed E-state index contributed by atoms with van der Waals surface area (Å²) in [5, 5.41) is 0. The molecule has 2 nitrogen and oxygen atoms in total. The molecule has 0 amide bonds. The van der Waals surface area contributed by atoms with E-state index in [1.54, 1.807) is 0 Å².